The van der Waals surface area contributed by atoms with Gasteiger partial charge >= 0.3 is 0 Å². The van der Waals surface area contributed by atoms with E-state index in [2.05, 4.69) is 41.9 Å². The van der Waals surface area contributed by atoms with Crippen LogP contribution in [0.2, 0.25) is 0 Å². The third kappa shape index (κ3) is 4.70. The molecule has 5 nitrogen and oxygen atoms in total. The molecule has 0 saturated carbocycles. The number of rotatable bonds is 5. The van der Waals surface area contributed by atoms with Crippen molar-refractivity contribution < 1.29 is 9.52 Å². The number of aliphatic hydroxyl groups excluding tert-OH is 1. The summed E-state index contributed by atoms with van der Waals surface area (Å²) in [4.78, 5) is 2.54. The molecule has 3 unspecified atom stereocenters. The van der Waals surface area contributed by atoms with E-state index in [9.17, 15) is 5.11 Å². The smallest absolute Gasteiger partial charge is 0.217 e. The van der Waals surface area contributed by atoms with Gasteiger partial charge in [-0.05, 0) is 49.9 Å². The van der Waals surface area contributed by atoms with Gasteiger partial charge in [-0.25, -0.2) is 0 Å². The molecule has 0 spiro atoms. The number of hydrogen-bond acceptors (Lipinski definition) is 5. The number of likely N-dealkylation sites (tertiary alicyclic amines) is 1. The standard InChI is InChI=1S/C20H33N3O2/c1-13(2)19-10-16(11-20-22-21-15(4)25-20)14(3)9-17(19)12-23-7-5-18(24)6-8-23/h9,13,16-19,24H,5-8,10-12H2,1-4H3. The summed E-state index contributed by atoms with van der Waals surface area (Å²) in [5.41, 5.74) is 1.47. The van der Waals surface area contributed by atoms with E-state index in [1.807, 2.05) is 6.92 Å². The summed E-state index contributed by atoms with van der Waals surface area (Å²) in [6, 6.07) is 0. The number of hydrogen-bond donors (Lipinski definition) is 1. The van der Waals surface area contributed by atoms with Crippen LogP contribution in [-0.4, -0.2) is 45.9 Å². The predicted octanol–water partition coefficient (Wildman–Crippen LogP) is 3.23. The van der Waals surface area contributed by atoms with E-state index in [0.29, 0.717) is 29.6 Å². The number of allylic oxidation sites excluding steroid dienone is 1. The first kappa shape index (κ1) is 18.6. The van der Waals surface area contributed by atoms with Crippen LogP contribution in [0.1, 0.15) is 51.8 Å². The Balaban J connectivity index is 1.68. The predicted molar refractivity (Wildman–Crippen MR) is 98.1 cm³/mol. The second kappa shape index (κ2) is 8.00. The Bertz CT molecular complexity index is 588. The molecule has 0 bridgehead atoms. The topological polar surface area (TPSA) is 62.4 Å². The second-order valence-electron chi connectivity index (χ2n) is 8.37. The maximum Gasteiger partial charge on any atom is 0.217 e. The number of piperidine rings is 1. The molecular weight excluding hydrogens is 314 g/mol. The van der Waals surface area contributed by atoms with Crippen molar-refractivity contribution in [3.63, 3.8) is 0 Å². The summed E-state index contributed by atoms with van der Waals surface area (Å²) in [7, 11) is 0. The van der Waals surface area contributed by atoms with Gasteiger partial charge in [-0.2, -0.15) is 0 Å². The molecule has 5 heteroatoms. The SMILES string of the molecule is CC1=CC(CN2CCC(O)CC2)C(C(C)C)CC1Cc1nnc(C)o1. The van der Waals surface area contributed by atoms with Gasteiger partial charge < -0.3 is 14.4 Å². The first-order valence-electron chi connectivity index (χ1n) is 9.80. The molecule has 0 aromatic carbocycles. The van der Waals surface area contributed by atoms with Crippen molar-refractivity contribution >= 4 is 0 Å². The second-order valence-corrected chi connectivity index (χ2v) is 8.37. The molecule has 1 saturated heterocycles. The van der Waals surface area contributed by atoms with Crippen LogP contribution >= 0.6 is 0 Å². The fourth-order valence-corrected chi connectivity index (χ4v) is 4.52. The van der Waals surface area contributed by atoms with E-state index in [1.54, 1.807) is 0 Å². The molecule has 2 heterocycles. The maximum absolute atomic E-state index is 9.73. The summed E-state index contributed by atoms with van der Waals surface area (Å²) in [6.07, 6.45) is 6.30. The van der Waals surface area contributed by atoms with Crippen LogP contribution in [0.3, 0.4) is 0 Å². The van der Waals surface area contributed by atoms with Crippen molar-refractivity contribution in [3.05, 3.63) is 23.4 Å². The Hall–Kier alpha value is -1.20. The third-order valence-electron chi connectivity index (χ3n) is 6.10. The number of nitrogens with zero attached hydrogens (tertiary/aromatic N) is 3. The van der Waals surface area contributed by atoms with E-state index in [1.165, 1.54) is 12.0 Å². The third-order valence-corrected chi connectivity index (χ3v) is 6.10. The van der Waals surface area contributed by atoms with Crippen molar-refractivity contribution in [1.82, 2.24) is 15.1 Å². The normalized spacial score (nSPS) is 29.2. The Labute approximate surface area is 151 Å². The molecule has 1 fully saturated rings. The number of aryl methyl sites for hydroxylation is 1. The van der Waals surface area contributed by atoms with E-state index >= 15 is 0 Å². The van der Waals surface area contributed by atoms with E-state index in [4.69, 9.17) is 4.42 Å². The molecule has 1 N–H and O–H groups in total. The van der Waals surface area contributed by atoms with Gasteiger partial charge in [0.25, 0.3) is 0 Å². The maximum atomic E-state index is 9.73. The lowest BCUT2D eigenvalue weighted by Crippen LogP contribution is -2.42. The minimum atomic E-state index is -0.0944. The van der Waals surface area contributed by atoms with Gasteiger partial charge in [-0.1, -0.05) is 25.5 Å². The van der Waals surface area contributed by atoms with E-state index < -0.39 is 0 Å². The van der Waals surface area contributed by atoms with Gasteiger partial charge in [0.05, 0.1) is 6.10 Å². The molecule has 1 aliphatic heterocycles. The largest absolute Gasteiger partial charge is 0.426 e. The first-order valence-corrected chi connectivity index (χ1v) is 9.80. The quantitative estimate of drug-likeness (QED) is 0.829. The zero-order chi connectivity index (χ0) is 18.0. The summed E-state index contributed by atoms with van der Waals surface area (Å²) in [6.45, 7) is 12.0. The van der Waals surface area contributed by atoms with Crippen molar-refractivity contribution in [2.45, 2.75) is 59.5 Å². The zero-order valence-corrected chi connectivity index (χ0v) is 16.1. The average Bonchev–Trinajstić information content (AvgIpc) is 2.97. The monoisotopic (exact) mass is 347 g/mol. The van der Waals surface area contributed by atoms with Crippen LogP contribution < -0.4 is 0 Å². The highest BCUT2D eigenvalue weighted by molar-refractivity contribution is 5.14. The lowest BCUT2D eigenvalue weighted by molar-refractivity contribution is 0.0670. The van der Waals surface area contributed by atoms with Crippen LogP contribution in [0.15, 0.2) is 16.1 Å². The molecule has 3 atom stereocenters. The molecule has 3 rings (SSSR count). The summed E-state index contributed by atoms with van der Waals surface area (Å²) < 4.78 is 5.61. The average molecular weight is 348 g/mol. The van der Waals surface area contributed by atoms with E-state index in [-0.39, 0.29) is 6.10 Å². The van der Waals surface area contributed by atoms with Gasteiger partial charge in [0.1, 0.15) is 0 Å². The Morgan fingerprint density at radius 3 is 2.56 bits per heavy atom. The Morgan fingerprint density at radius 2 is 1.96 bits per heavy atom. The molecule has 140 valence electrons. The van der Waals surface area contributed by atoms with Gasteiger partial charge in [-0.15, -0.1) is 10.2 Å². The van der Waals surface area contributed by atoms with E-state index in [0.717, 1.165) is 44.8 Å². The highest BCUT2D eigenvalue weighted by Crippen LogP contribution is 2.39. The fourth-order valence-electron chi connectivity index (χ4n) is 4.52. The molecular formula is C20H33N3O2. The molecule has 1 aromatic heterocycles. The lowest BCUT2D eigenvalue weighted by Gasteiger charge is -2.40. The first-order chi connectivity index (χ1) is 11.9. The number of aromatic nitrogens is 2. The highest BCUT2D eigenvalue weighted by Gasteiger charge is 2.33. The summed E-state index contributed by atoms with van der Waals surface area (Å²) in [5, 5.41) is 17.9. The number of aliphatic hydroxyl groups is 1. The molecule has 1 aliphatic carbocycles. The van der Waals surface area contributed by atoms with Gasteiger partial charge in [0.2, 0.25) is 11.8 Å². The van der Waals surface area contributed by atoms with Crippen LogP contribution in [0, 0.1) is 30.6 Å². The highest BCUT2D eigenvalue weighted by atomic mass is 16.4. The molecule has 0 radical (unpaired) electrons. The summed E-state index contributed by atoms with van der Waals surface area (Å²) in [5.74, 6) is 3.88. The van der Waals surface area contributed by atoms with Crippen LogP contribution in [0.5, 0.6) is 0 Å². The summed E-state index contributed by atoms with van der Waals surface area (Å²) >= 11 is 0. The van der Waals surface area contributed by atoms with Gasteiger partial charge in [-0.3, -0.25) is 0 Å². The Kier molecular flexibility index (Phi) is 5.95. The van der Waals surface area contributed by atoms with Crippen LogP contribution in [0.25, 0.3) is 0 Å². The zero-order valence-electron chi connectivity index (χ0n) is 16.1. The van der Waals surface area contributed by atoms with Crippen molar-refractivity contribution in [1.29, 1.82) is 0 Å². The molecule has 25 heavy (non-hydrogen) atoms. The minimum absolute atomic E-state index is 0.0944. The van der Waals surface area contributed by atoms with Crippen molar-refractivity contribution in [2.75, 3.05) is 19.6 Å². The van der Waals surface area contributed by atoms with Crippen molar-refractivity contribution in [3.8, 4) is 0 Å². The Morgan fingerprint density at radius 1 is 1.24 bits per heavy atom. The van der Waals surface area contributed by atoms with Gasteiger partial charge in [0, 0.05) is 33.0 Å². The van der Waals surface area contributed by atoms with Crippen LogP contribution in [0.4, 0.5) is 0 Å². The molecule has 1 aromatic rings. The fraction of sp³-hybridized carbons (Fsp3) is 0.800. The molecule has 0 amide bonds. The lowest BCUT2D eigenvalue weighted by atomic mass is 9.69. The van der Waals surface area contributed by atoms with Gasteiger partial charge in [0.15, 0.2) is 0 Å². The molecule has 2 aliphatic rings. The minimum Gasteiger partial charge on any atom is -0.426 e. The van der Waals surface area contributed by atoms with Crippen LogP contribution in [-0.2, 0) is 6.42 Å². The van der Waals surface area contributed by atoms with Crippen molar-refractivity contribution in [2.24, 2.45) is 23.7 Å².